The molecule has 0 aromatic carbocycles. The van der Waals surface area contributed by atoms with Crippen LogP contribution in [0.1, 0.15) is 0 Å². The summed E-state index contributed by atoms with van der Waals surface area (Å²) in [5.74, 6) is -1.71. The minimum atomic E-state index is -2.22. The summed E-state index contributed by atoms with van der Waals surface area (Å²) in [6.07, 6.45) is 0. The molecule has 0 aliphatic rings. The Morgan fingerprint density at radius 3 is 1.70 bits per heavy atom. The van der Waals surface area contributed by atoms with E-state index in [9.17, 15) is 9.90 Å². The van der Waals surface area contributed by atoms with Crippen molar-refractivity contribution in [1.82, 2.24) is 0 Å². The maximum absolute atomic E-state index is 9.92. The fourth-order valence-electron chi connectivity index (χ4n) is 0.0891. The molecule has 7 heteroatoms. The summed E-state index contributed by atoms with van der Waals surface area (Å²) in [5, 5.41) is 9.92. The number of hydrogen-bond donors (Lipinski definition) is 0. The number of alkyl halides is 4. The van der Waals surface area contributed by atoms with Gasteiger partial charge in [-0.2, -0.15) is 0 Å². The van der Waals surface area contributed by atoms with Crippen LogP contribution in [0, 0.1) is 0 Å². The largest absolute Gasteiger partial charge is 1.00 e. The first-order valence-electron chi connectivity index (χ1n) is 1.76. The SMILES string of the molecule is O=C([O-])C(Cl)(Cl)C(Cl)Cl.[Na+]. The summed E-state index contributed by atoms with van der Waals surface area (Å²) in [5.41, 5.74) is 0. The molecular formula is C3HCl4NaO2. The van der Waals surface area contributed by atoms with Gasteiger partial charge in [-0.1, -0.05) is 23.2 Å². The number of carbonyl (C=O) groups is 1. The van der Waals surface area contributed by atoms with Crippen LogP contribution in [-0.2, 0) is 4.79 Å². The van der Waals surface area contributed by atoms with E-state index < -0.39 is 15.1 Å². The number of rotatable bonds is 2. The Labute approximate surface area is 100 Å². The monoisotopic (exact) mass is 232 g/mol. The third-order valence-electron chi connectivity index (χ3n) is 0.546. The summed E-state index contributed by atoms with van der Waals surface area (Å²) in [7, 11) is 0. The Morgan fingerprint density at radius 1 is 1.40 bits per heavy atom. The average Bonchev–Trinajstić information content (AvgIpc) is 1.65. The topological polar surface area (TPSA) is 40.1 Å². The molecule has 0 unspecified atom stereocenters. The van der Waals surface area contributed by atoms with Crippen molar-refractivity contribution in [3.63, 3.8) is 0 Å². The van der Waals surface area contributed by atoms with E-state index in [2.05, 4.69) is 0 Å². The predicted octanol–water partition coefficient (Wildman–Crippen LogP) is -2.28. The van der Waals surface area contributed by atoms with Gasteiger partial charge in [0.25, 0.3) is 0 Å². The zero-order chi connectivity index (χ0) is 7.65. The molecule has 0 saturated heterocycles. The van der Waals surface area contributed by atoms with Gasteiger partial charge in [-0.15, -0.1) is 23.2 Å². The summed E-state index contributed by atoms with van der Waals surface area (Å²) in [6, 6.07) is 0. The second kappa shape index (κ2) is 5.31. The summed E-state index contributed by atoms with van der Waals surface area (Å²) < 4.78 is -2.22. The fourth-order valence-corrected chi connectivity index (χ4v) is 0.267. The zero-order valence-electron chi connectivity index (χ0n) is 4.91. The van der Waals surface area contributed by atoms with Gasteiger partial charge in [0.1, 0.15) is 4.84 Å². The minimum Gasteiger partial charge on any atom is -0.547 e. The molecule has 0 N–H and O–H groups in total. The van der Waals surface area contributed by atoms with Crippen molar-refractivity contribution in [3.8, 4) is 0 Å². The van der Waals surface area contributed by atoms with E-state index in [4.69, 9.17) is 46.4 Å². The molecule has 0 bridgehead atoms. The molecule has 0 rings (SSSR count). The molecule has 0 radical (unpaired) electrons. The molecule has 0 heterocycles. The summed E-state index contributed by atoms with van der Waals surface area (Å²) in [4.78, 5) is 8.52. The average molecular weight is 234 g/mol. The Bertz CT molecular complexity index is 126. The Kier molecular flexibility index (Phi) is 7.52. The third-order valence-corrected chi connectivity index (χ3v) is 2.39. The number of halogens is 4. The molecule has 0 saturated carbocycles. The van der Waals surface area contributed by atoms with Gasteiger partial charge < -0.3 is 9.90 Å². The fraction of sp³-hybridized carbons (Fsp3) is 0.667. The predicted molar refractivity (Wildman–Crippen MR) is 34.9 cm³/mol. The molecule has 0 spiro atoms. The quantitative estimate of drug-likeness (QED) is 0.398. The summed E-state index contributed by atoms with van der Waals surface area (Å²) in [6.45, 7) is 0. The van der Waals surface area contributed by atoms with Crippen molar-refractivity contribution in [2.45, 2.75) is 9.17 Å². The Morgan fingerprint density at radius 2 is 1.70 bits per heavy atom. The van der Waals surface area contributed by atoms with Gasteiger partial charge in [-0.25, -0.2) is 0 Å². The molecule has 0 aliphatic carbocycles. The van der Waals surface area contributed by atoms with Crippen molar-refractivity contribution >= 4 is 52.4 Å². The van der Waals surface area contributed by atoms with E-state index in [1.54, 1.807) is 0 Å². The van der Waals surface area contributed by atoms with Crippen LogP contribution < -0.4 is 34.7 Å². The molecule has 0 aromatic heterocycles. The maximum atomic E-state index is 9.92. The van der Waals surface area contributed by atoms with Crippen LogP contribution in [0.2, 0.25) is 0 Å². The van der Waals surface area contributed by atoms with Crippen molar-refractivity contribution in [2.75, 3.05) is 0 Å². The van der Waals surface area contributed by atoms with E-state index in [1.165, 1.54) is 0 Å². The minimum absolute atomic E-state index is 0. The van der Waals surface area contributed by atoms with Crippen molar-refractivity contribution in [3.05, 3.63) is 0 Å². The third kappa shape index (κ3) is 3.86. The van der Waals surface area contributed by atoms with Gasteiger partial charge in [0, 0.05) is 0 Å². The van der Waals surface area contributed by atoms with E-state index in [0.29, 0.717) is 0 Å². The van der Waals surface area contributed by atoms with Gasteiger partial charge in [-0.05, 0) is 0 Å². The van der Waals surface area contributed by atoms with Gasteiger partial charge in [0.2, 0.25) is 0 Å². The van der Waals surface area contributed by atoms with Gasteiger partial charge in [0.15, 0.2) is 4.33 Å². The first-order valence-corrected chi connectivity index (χ1v) is 3.39. The molecule has 2 nitrogen and oxygen atoms in total. The second-order valence-electron chi connectivity index (χ2n) is 1.21. The van der Waals surface area contributed by atoms with E-state index in [-0.39, 0.29) is 29.6 Å². The number of carboxylic acid groups (broad SMARTS) is 1. The standard InChI is InChI=1S/C3H2Cl4O2.Na/c4-1(5)3(6,7)2(8)9;/h1H,(H,8,9);/q;+1/p-1. The molecule has 54 valence electrons. The maximum Gasteiger partial charge on any atom is 1.00 e. The van der Waals surface area contributed by atoms with E-state index >= 15 is 0 Å². The van der Waals surface area contributed by atoms with Crippen LogP contribution in [0.25, 0.3) is 0 Å². The summed E-state index contributed by atoms with van der Waals surface area (Å²) >= 11 is 20.2. The van der Waals surface area contributed by atoms with Crippen LogP contribution in [0.5, 0.6) is 0 Å². The molecular weight excluding hydrogens is 233 g/mol. The number of aliphatic carboxylic acids is 1. The first-order chi connectivity index (χ1) is 3.89. The Hall–Kier alpha value is 1.63. The van der Waals surface area contributed by atoms with Crippen molar-refractivity contribution in [2.24, 2.45) is 0 Å². The van der Waals surface area contributed by atoms with E-state index in [1.807, 2.05) is 0 Å². The van der Waals surface area contributed by atoms with Crippen molar-refractivity contribution < 1.29 is 39.5 Å². The number of hydrogen-bond acceptors (Lipinski definition) is 2. The number of carboxylic acids is 1. The molecule has 0 aromatic rings. The first kappa shape index (κ1) is 14.2. The smallest absolute Gasteiger partial charge is 0.547 e. The van der Waals surface area contributed by atoms with Gasteiger partial charge in [0.05, 0.1) is 5.97 Å². The molecule has 10 heavy (non-hydrogen) atoms. The van der Waals surface area contributed by atoms with Crippen LogP contribution in [0.3, 0.4) is 0 Å². The van der Waals surface area contributed by atoms with Crippen LogP contribution in [0.4, 0.5) is 0 Å². The van der Waals surface area contributed by atoms with Crippen LogP contribution >= 0.6 is 46.4 Å². The zero-order valence-corrected chi connectivity index (χ0v) is 9.93. The van der Waals surface area contributed by atoms with Crippen molar-refractivity contribution in [1.29, 1.82) is 0 Å². The second-order valence-corrected chi connectivity index (χ2v) is 3.69. The molecule has 0 atom stereocenters. The molecule has 0 fully saturated rings. The van der Waals surface area contributed by atoms with E-state index in [0.717, 1.165) is 0 Å². The number of carbonyl (C=O) groups excluding carboxylic acids is 1. The Balaban J connectivity index is 0. The van der Waals surface area contributed by atoms with Crippen LogP contribution in [0.15, 0.2) is 0 Å². The van der Waals surface area contributed by atoms with Gasteiger partial charge in [-0.3, -0.25) is 0 Å². The molecule has 0 amide bonds. The van der Waals surface area contributed by atoms with Crippen LogP contribution in [-0.4, -0.2) is 15.1 Å². The normalized spacial score (nSPS) is 10.9. The van der Waals surface area contributed by atoms with Gasteiger partial charge >= 0.3 is 29.6 Å². The molecule has 0 aliphatic heterocycles.